The van der Waals surface area contributed by atoms with Crippen molar-refractivity contribution in [3.05, 3.63) is 120 Å². The van der Waals surface area contributed by atoms with Gasteiger partial charge in [0, 0.05) is 11.1 Å². The van der Waals surface area contributed by atoms with Gasteiger partial charge < -0.3 is 9.47 Å². The lowest BCUT2D eigenvalue weighted by molar-refractivity contribution is -0.429. The van der Waals surface area contributed by atoms with E-state index in [2.05, 4.69) is 0 Å². The number of hydrogen-bond donors (Lipinski definition) is 0. The molecule has 4 aromatic rings. The van der Waals surface area contributed by atoms with Gasteiger partial charge >= 0.3 is 35.5 Å². The van der Waals surface area contributed by atoms with Crippen LogP contribution in [-0.4, -0.2) is 23.7 Å². The number of ether oxygens (including phenoxy) is 2. The standard InChI is InChI=1S/C30H18F12O2/c31-25(32,19-11-15-23(16-12-19)43-21-7-3-1-4-8-21)27(35,36)29(39,40)30(41,42)28(37,38)26(33,34)20-13-17-24(18-14-20)44-22-9-5-2-6-10-22/h1-18H. The molecule has 0 saturated carbocycles. The van der Waals surface area contributed by atoms with Gasteiger partial charge in [0.2, 0.25) is 0 Å². The van der Waals surface area contributed by atoms with E-state index in [1.807, 2.05) is 0 Å². The molecule has 0 unspecified atom stereocenters. The summed E-state index contributed by atoms with van der Waals surface area (Å²) in [7, 11) is 0. The Bertz CT molecular complexity index is 1420. The van der Waals surface area contributed by atoms with Crippen LogP contribution in [-0.2, 0) is 11.8 Å². The molecular formula is C30H18F12O2. The second-order valence-electron chi connectivity index (χ2n) is 9.33. The van der Waals surface area contributed by atoms with Gasteiger partial charge in [-0.2, -0.15) is 52.7 Å². The Morgan fingerprint density at radius 2 is 0.545 bits per heavy atom. The van der Waals surface area contributed by atoms with E-state index in [1.165, 1.54) is 48.5 Å². The molecular weight excluding hydrogens is 620 g/mol. The third-order valence-electron chi connectivity index (χ3n) is 6.36. The first-order valence-corrected chi connectivity index (χ1v) is 12.3. The van der Waals surface area contributed by atoms with E-state index in [-0.39, 0.29) is 47.3 Å². The van der Waals surface area contributed by atoms with Crippen molar-refractivity contribution in [1.82, 2.24) is 0 Å². The summed E-state index contributed by atoms with van der Waals surface area (Å²) in [5.74, 6) is -42.8. The van der Waals surface area contributed by atoms with Gasteiger partial charge in [0.15, 0.2) is 0 Å². The summed E-state index contributed by atoms with van der Waals surface area (Å²) >= 11 is 0. The van der Waals surface area contributed by atoms with Crippen LogP contribution in [0.3, 0.4) is 0 Å². The number of para-hydroxylation sites is 2. The van der Waals surface area contributed by atoms with Crippen LogP contribution in [0.25, 0.3) is 0 Å². The lowest BCUT2D eigenvalue weighted by atomic mass is 9.87. The lowest BCUT2D eigenvalue weighted by Gasteiger charge is -2.41. The largest absolute Gasteiger partial charge is 0.457 e. The van der Waals surface area contributed by atoms with Crippen molar-refractivity contribution in [3.8, 4) is 23.0 Å². The van der Waals surface area contributed by atoms with E-state index in [0.29, 0.717) is 24.3 Å². The van der Waals surface area contributed by atoms with Crippen LogP contribution in [0.5, 0.6) is 23.0 Å². The fourth-order valence-electron chi connectivity index (χ4n) is 3.87. The highest BCUT2D eigenvalue weighted by Crippen LogP contribution is 2.63. The van der Waals surface area contributed by atoms with E-state index < -0.39 is 46.7 Å². The molecule has 0 spiro atoms. The van der Waals surface area contributed by atoms with Gasteiger partial charge in [-0.25, -0.2) is 0 Å². The predicted octanol–water partition coefficient (Wildman–Crippen LogP) is 10.7. The monoisotopic (exact) mass is 638 g/mol. The van der Waals surface area contributed by atoms with Crippen molar-refractivity contribution < 1.29 is 62.2 Å². The van der Waals surface area contributed by atoms with Crippen LogP contribution in [0.2, 0.25) is 0 Å². The summed E-state index contributed by atoms with van der Waals surface area (Å²) in [6, 6.07) is 17.6. The Morgan fingerprint density at radius 3 is 0.818 bits per heavy atom. The highest BCUT2D eigenvalue weighted by molar-refractivity contribution is 5.37. The van der Waals surface area contributed by atoms with Gasteiger partial charge in [-0.15, -0.1) is 0 Å². The molecule has 0 aliphatic rings. The van der Waals surface area contributed by atoms with Crippen LogP contribution in [0.1, 0.15) is 11.1 Å². The molecule has 0 bridgehead atoms. The van der Waals surface area contributed by atoms with Crippen molar-refractivity contribution in [2.75, 3.05) is 0 Å². The van der Waals surface area contributed by atoms with Crippen molar-refractivity contribution in [2.24, 2.45) is 0 Å². The van der Waals surface area contributed by atoms with Gasteiger partial charge in [-0.05, 0) is 72.8 Å². The number of halogens is 12. The Labute approximate surface area is 241 Å². The molecule has 44 heavy (non-hydrogen) atoms. The van der Waals surface area contributed by atoms with E-state index >= 15 is 0 Å². The molecule has 0 aromatic heterocycles. The molecule has 4 aromatic carbocycles. The van der Waals surface area contributed by atoms with Crippen LogP contribution >= 0.6 is 0 Å². The average molecular weight is 638 g/mol. The Kier molecular flexibility index (Phi) is 8.35. The number of hydrogen-bond acceptors (Lipinski definition) is 2. The Balaban J connectivity index is 1.61. The maximum atomic E-state index is 14.7. The second-order valence-corrected chi connectivity index (χ2v) is 9.33. The molecule has 0 saturated heterocycles. The third kappa shape index (κ3) is 5.41. The van der Waals surface area contributed by atoms with E-state index in [9.17, 15) is 52.7 Å². The van der Waals surface area contributed by atoms with Gasteiger partial charge in [-0.3, -0.25) is 0 Å². The summed E-state index contributed by atoms with van der Waals surface area (Å²) in [6.07, 6.45) is 0. The molecule has 0 N–H and O–H groups in total. The van der Waals surface area contributed by atoms with Gasteiger partial charge in [0.25, 0.3) is 0 Å². The van der Waals surface area contributed by atoms with Crippen LogP contribution in [0.15, 0.2) is 109 Å². The van der Waals surface area contributed by atoms with Crippen LogP contribution in [0, 0.1) is 0 Å². The summed E-state index contributed by atoms with van der Waals surface area (Å²) in [4.78, 5) is 0. The minimum absolute atomic E-state index is 0.103. The minimum atomic E-state index is -7.72. The molecule has 2 nitrogen and oxygen atoms in total. The zero-order valence-corrected chi connectivity index (χ0v) is 21.7. The third-order valence-corrected chi connectivity index (χ3v) is 6.36. The molecule has 0 fully saturated rings. The Morgan fingerprint density at radius 1 is 0.295 bits per heavy atom. The van der Waals surface area contributed by atoms with Crippen LogP contribution in [0.4, 0.5) is 52.7 Å². The van der Waals surface area contributed by atoms with E-state index in [1.54, 1.807) is 12.1 Å². The van der Waals surface area contributed by atoms with Crippen molar-refractivity contribution >= 4 is 0 Å². The van der Waals surface area contributed by atoms with Crippen molar-refractivity contribution in [3.63, 3.8) is 0 Å². The molecule has 0 radical (unpaired) electrons. The van der Waals surface area contributed by atoms with Crippen LogP contribution < -0.4 is 9.47 Å². The average Bonchev–Trinajstić information content (AvgIpc) is 2.98. The van der Waals surface area contributed by atoms with E-state index in [0.717, 1.165) is 0 Å². The first kappa shape index (κ1) is 32.6. The molecule has 0 aliphatic heterocycles. The van der Waals surface area contributed by atoms with Crippen molar-refractivity contribution in [1.29, 1.82) is 0 Å². The number of benzene rings is 4. The smallest absolute Gasteiger partial charge is 0.385 e. The first-order valence-electron chi connectivity index (χ1n) is 12.3. The van der Waals surface area contributed by atoms with Crippen molar-refractivity contribution in [2.45, 2.75) is 35.5 Å². The quantitative estimate of drug-likeness (QED) is 0.152. The van der Waals surface area contributed by atoms with Gasteiger partial charge in [0.1, 0.15) is 23.0 Å². The normalized spacial score (nSPS) is 13.5. The maximum Gasteiger partial charge on any atom is 0.385 e. The summed E-state index contributed by atoms with van der Waals surface area (Å²) in [5, 5.41) is 0. The highest BCUT2D eigenvalue weighted by Gasteiger charge is 2.90. The lowest BCUT2D eigenvalue weighted by Crippen LogP contribution is -2.69. The molecule has 0 atom stereocenters. The molecule has 4 rings (SSSR count). The van der Waals surface area contributed by atoms with Gasteiger partial charge in [-0.1, -0.05) is 36.4 Å². The second kappa shape index (κ2) is 11.3. The summed E-state index contributed by atoms with van der Waals surface area (Å²) in [5.41, 5.74) is -4.02. The molecule has 14 heteroatoms. The van der Waals surface area contributed by atoms with E-state index in [4.69, 9.17) is 9.47 Å². The predicted molar refractivity (Wildman–Crippen MR) is 133 cm³/mol. The minimum Gasteiger partial charge on any atom is -0.457 e. The fourth-order valence-corrected chi connectivity index (χ4v) is 3.87. The zero-order valence-electron chi connectivity index (χ0n) is 21.7. The fraction of sp³-hybridized carbons (Fsp3) is 0.200. The number of alkyl halides is 12. The summed E-state index contributed by atoms with van der Waals surface area (Å²) in [6.45, 7) is 0. The zero-order chi connectivity index (χ0) is 32.6. The van der Waals surface area contributed by atoms with Gasteiger partial charge in [0.05, 0.1) is 0 Å². The maximum absolute atomic E-state index is 14.7. The summed E-state index contributed by atoms with van der Waals surface area (Å²) < 4.78 is 186. The topological polar surface area (TPSA) is 18.5 Å². The highest BCUT2D eigenvalue weighted by atomic mass is 19.4. The SMILES string of the molecule is FC(F)(c1ccc(Oc2ccccc2)cc1)C(F)(F)C(F)(F)C(F)(F)C(F)(F)C(F)(F)c1ccc(Oc2ccccc2)cc1. The molecule has 0 aliphatic carbocycles. The molecule has 0 heterocycles. The molecule has 0 amide bonds. The molecule has 234 valence electrons. The Hall–Kier alpha value is -4.36. The number of rotatable bonds is 11. The first-order chi connectivity index (χ1) is 20.4.